The predicted molar refractivity (Wildman–Crippen MR) is 301 cm³/mol. The topological polar surface area (TPSA) is 342 Å². The highest BCUT2D eigenvalue weighted by Crippen LogP contribution is 2.38. The molecule has 76 heavy (non-hydrogen) atoms. The van der Waals surface area contributed by atoms with E-state index < -0.39 is 20.4 Å². The highest BCUT2D eigenvalue weighted by molar-refractivity contribution is 7.87. The Hall–Kier alpha value is -5.75. The molecule has 2 saturated heterocycles. The van der Waals surface area contributed by atoms with Crippen molar-refractivity contribution in [2.24, 2.45) is 22.1 Å². The van der Waals surface area contributed by atoms with E-state index in [1.54, 1.807) is 81.0 Å². The maximum Gasteiger partial charge on any atom is 0.274 e. The summed E-state index contributed by atoms with van der Waals surface area (Å²) in [7, 11) is 5.85. The van der Waals surface area contributed by atoms with Gasteiger partial charge in [0.2, 0.25) is 17.8 Å². The number of halogens is 3. The van der Waals surface area contributed by atoms with E-state index in [1.165, 1.54) is 0 Å². The third kappa shape index (κ3) is 18.2. The molecule has 25 nitrogen and oxygen atoms in total. The molecular weight excluding hydrogens is 1090 g/mol. The lowest BCUT2D eigenvalue weighted by atomic mass is 9.93. The molecule has 2 aliphatic rings. The van der Waals surface area contributed by atoms with E-state index >= 15 is 0 Å². The Bertz CT molecular complexity index is 3090. The molecule has 420 valence electrons. The van der Waals surface area contributed by atoms with Gasteiger partial charge in [-0.15, -0.1) is 12.4 Å². The van der Waals surface area contributed by atoms with E-state index in [0.717, 1.165) is 86.8 Å². The Morgan fingerprint density at radius 1 is 0.566 bits per heavy atom. The SMILES string of the molecule is CNc1nc(Cl)c2cc(OC)c(OC)cc2n1.CNc1nc(N2CCC(CCNS(N)(=O)=O)CC2)c2cc(OC)c(OC)cc2n1.COc1cc2nc(N)nc(Cl)c2cc1OC.Cl.NS(=O)(=O)NCCC1CCNCC1. The van der Waals surface area contributed by atoms with Crippen molar-refractivity contribution in [1.82, 2.24) is 44.7 Å². The first-order valence-corrected chi connectivity index (χ1v) is 27.4. The summed E-state index contributed by atoms with van der Waals surface area (Å²) in [6.45, 7) is 4.55. The van der Waals surface area contributed by atoms with E-state index in [1.807, 2.05) is 12.1 Å². The molecule has 5 heterocycles. The lowest BCUT2D eigenvalue weighted by Crippen LogP contribution is -2.37. The van der Waals surface area contributed by atoms with Gasteiger partial charge in [0.25, 0.3) is 20.4 Å². The summed E-state index contributed by atoms with van der Waals surface area (Å²) in [4.78, 5) is 27.8. The smallest absolute Gasteiger partial charge is 0.274 e. The average Bonchev–Trinajstić information content (AvgIpc) is 3.39. The second-order valence-electron chi connectivity index (χ2n) is 16.8. The van der Waals surface area contributed by atoms with Crippen LogP contribution in [0.2, 0.25) is 10.3 Å². The molecule has 0 bridgehead atoms. The summed E-state index contributed by atoms with van der Waals surface area (Å²) in [6, 6.07) is 10.7. The number of nitrogens with two attached hydrogens (primary N) is 3. The molecule has 0 radical (unpaired) electrons. The minimum atomic E-state index is -3.63. The van der Waals surface area contributed by atoms with Crippen LogP contribution >= 0.6 is 35.6 Å². The number of hydrogen-bond donors (Lipinski definition) is 8. The molecule has 2 aliphatic heterocycles. The number of hydrogen-bond acceptors (Lipinski definition) is 21. The van der Waals surface area contributed by atoms with Crippen LogP contribution in [0.15, 0.2) is 36.4 Å². The van der Waals surface area contributed by atoms with E-state index in [-0.39, 0.29) is 18.4 Å². The number of aromatic nitrogens is 6. The second kappa shape index (κ2) is 29.7. The van der Waals surface area contributed by atoms with Gasteiger partial charge in [-0.3, -0.25) is 0 Å². The number of nitrogen functional groups attached to an aromatic ring is 1. The molecule has 0 saturated carbocycles. The minimum Gasteiger partial charge on any atom is -0.493 e. The van der Waals surface area contributed by atoms with Gasteiger partial charge in [-0.05, 0) is 81.6 Å². The first-order chi connectivity index (χ1) is 35.8. The number of benzene rings is 3. The fourth-order valence-corrected chi connectivity index (χ4v) is 9.45. The van der Waals surface area contributed by atoms with Gasteiger partial charge in [-0.2, -0.15) is 21.8 Å². The van der Waals surface area contributed by atoms with Gasteiger partial charge >= 0.3 is 0 Å². The van der Waals surface area contributed by atoms with Gasteiger partial charge in [0.05, 0.1) is 59.2 Å². The Kier molecular flexibility index (Phi) is 24.5. The van der Waals surface area contributed by atoms with Crippen LogP contribution in [0, 0.1) is 11.8 Å². The van der Waals surface area contributed by atoms with Crippen molar-refractivity contribution in [2.45, 2.75) is 38.5 Å². The first-order valence-electron chi connectivity index (χ1n) is 23.5. The van der Waals surface area contributed by atoms with Crippen molar-refractivity contribution < 1.29 is 45.3 Å². The number of rotatable bonds is 17. The molecule has 0 amide bonds. The molecule has 3 aromatic heterocycles. The Morgan fingerprint density at radius 2 is 0.934 bits per heavy atom. The number of nitrogens with one attached hydrogen (secondary N) is 5. The van der Waals surface area contributed by atoms with Crippen molar-refractivity contribution in [1.29, 1.82) is 0 Å². The number of piperidine rings is 2. The lowest BCUT2D eigenvalue weighted by molar-refractivity contribution is 0.354. The number of methoxy groups -OCH3 is 6. The maximum atomic E-state index is 11.0. The van der Waals surface area contributed by atoms with E-state index in [0.29, 0.717) is 98.0 Å². The van der Waals surface area contributed by atoms with Gasteiger partial charge in [-0.25, -0.2) is 44.6 Å². The summed E-state index contributed by atoms with van der Waals surface area (Å²) in [6.07, 6.45) is 5.80. The summed E-state index contributed by atoms with van der Waals surface area (Å²) in [5.74, 6) is 6.66. The molecule has 8 rings (SSSR count). The van der Waals surface area contributed by atoms with E-state index in [4.69, 9.17) is 72.6 Å². The molecule has 3 aromatic carbocycles. The first kappa shape index (κ1) is 62.8. The number of fused-ring (bicyclic) bond motifs is 3. The Morgan fingerprint density at radius 3 is 1.36 bits per heavy atom. The molecule has 0 atom stereocenters. The minimum absolute atomic E-state index is 0. The van der Waals surface area contributed by atoms with Crippen LogP contribution in [0.1, 0.15) is 38.5 Å². The summed E-state index contributed by atoms with van der Waals surface area (Å²) >= 11 is 12.0. The number of ether oxygens (including phenoxy) is 6. The van der Waals surface area contributed by atoms with E-state index in [2.05, 4.69) is 55.2 Å². The molecule has 30 heteroatoms. The number of nitrogens with zero attached hydrogens (tertiary/aromatic N) is 7. The Balaban J connectivity index is 0.000000230. The zero-order valence-corrected chi connectivity index (χ0v) is 47.5. The Labute approximate surface area is 459 Å². The molecular formula is C46H68Cl3N15O10S2. The average molecular weight is 1160 g/mol. The normalized spacial score (nSPS) is 13.9. The van der Waals surface area contributed by atoms with Crippen LogP contribution in [0.3, 0.4) is 0 Å². The highest BCUT2D eigenvalue weighted by Gasteiger charge is 2.24. The molecule has 0 unspecified atom stereocenters. The van der Waals surface area contributed by atoms with Gasteiger partial charge < -0.3 is 55.0 Å². The third-order valence-corrected chi connectivity index (χ3v) is 13.8. The quantitative estimate of drug-likeness (QED) is 0.0563. The zero-order valence-electron chi connectivity index (χ0n) is 43.5. The summed E-state index contributed by atoms with van der Waals surface area (Å²) in [5, 5.41) is 21.9. The molecule has 0 spiro atoms. The maximum absolute atomic E-state index is 11.0. The fraction of sp³-hybridized carbons (Fsp3) is 0.478. The number of anilines is 4. The standard InChI is InChI=1S/C18H28N6O4S.C11H12ClN3O2.C10H10ClN3O2.C7H17N3O2S.ClH/c1-20-18-22-14-11-16(28-3)15(27-2)10-13(14)17(23-18)24-8-5-12(6-9-24)4-7-21-29(19,25)26;1-13-11-14-7-5-9(17-3)8(16-2)4-6(7)10(12)15-11;1-15-7-3-5-6(4-8(7)16-2)13-10(12)14-9(5)11;8-13(11,12)10-6-3-7-1-4-9-5-2-7;/h10-12,21H,4-9H2,1-3H3,(H2,19,25,26)(H,20,22,23);4-5H,1-3H3,(H,13,14,15);3-4H,1-2H3,(H2,12,13,14);7,9-10H,1-6H2,(H2,8,11,12);1H. The lowest BCUT2D eigenvalue weighted by Gasteiger charge is -2.33. The van der Waals surface area contributed by atoms with Crippen LogP contribution in [-0.4, -0.2) is 143 Å². The molecule has 2 fully saturated rings. The zero-order chi connectivity index (χ0) is 54.9. The monoisotopic (exact) mass is 1160 g/mol. The van der Waals surface area contributed by atoms with Crippen molar-refractivity contribution in [2.75, 3.05) is 117 Å². The van der Waals surface area contributed by atoms with Gasteiger partial charge in [0.1, 0.15) is 16.1 Å². The highest BCUT2D eigenvalue weighted by atomic mass is 35.5. The molecule has 0 aliphatic carbocycles. The second-order valence-corrected chi connectivity index (χ2v) is 20.3. The van der Waals surface area contributed by atoms with Crippen LogP contribution in [0.25, 0.3) is 32.7 Å². The van der Waals surface area contributed by atoms with Crippen molar-refractivity contribution >= 4 is 112 Å². The van der Waals surface area contributed by atoms with Crippen molar-refractivity contribution in [3.63, 3.8) is 0 Å². The van der Waals surface area contributed by atoms with Crippen LogP contribution < -0.4 is 74.7 Å². The van der Waals surface area contributed by atoms with Gasteiger partial charge in [-0.1, -0.05) is 23.2 Å². The third-order valence-electron chi connectivity index (χ3n) is 12.0. The van der Waals surface area contributed by atoms with Crippen molar-refractivity contribution in [3.8, 4) is 34.5 Å². The van der Waals surface area contributed by atoms with Crippen LogP contribution in [0.4, 0.5) is 23.7 Å². The van der Waals surface area contributed by atoms with E-state index in [9.17, 15) is 16.8 Å². The molecule has 11 N–H and O–H groups in total. The van der Waals surface area contributed by atoms with Gasteiger partial charge in [0, 0.05) is 74.6 Å². The van der Waals surface area contributed by atoms with Crippen LogP contribution in [0.5, 0.6) is 34.5 Å². The predicted octanol–water partition coefficient (Wildman–Crippen LogP) is 4.90. The fourth-order valence-electron chi connectivity index (χ4n) is 8.17. The largest absolute Gasteiger partial charge is 0.493 e. The van der Waals surface area contributed by atoms with Crippen LogP contribution in [-0.2, 0) is 20.4 Å². The summed E-state index contributed by atoms with van der Waals surface area (Å²) < 4.78 is 79.3. The summed E-state index contributed by atoms with van der Waals surface area (Å²) in [5.41, 5.74) is 7.60. The van der Waals surface area contributed by atoms with Crippen molar-refractivity contribution in [3.05, 3.63) is 46.7 Å². The van der Waals surface area contributed by atoms with Gasteiger partial charge in [0.15, 0.2) is 34.5 Å². The molecule has 6 aromatic rings.